The van der Waals surface area contributed by atoms with E-state index in [1.165, 1.54) is 4.88 Å². The van der Waals surface area contributed by atoms with Gasteiger partial charge < -0.3 is 10.4 Å². The van der Waals surface area contributed by atoms with Gasteiger partial charge in [0.25, 0.3) is 0 Å². The summed E-state index contributed by atoms with van der Waals surface area (Å²) in [6, 6.07) is 11.6. The van der Waals surface area contributed by atoms with Crippen LogP contribution in [0.4, 0.5) is 0 Å². The normalized spacial score (nSPS) is 12.4. The molecule has 0 aliphatic carbocycles. The topological polar surface area (TPSA) is 60.9 Å². The van der Waals surface area contributed by atoms with Gasteiger partial charge >= 0.3 is 0 Å². The van der Waals surface area contributed by atoms with Gasteiger partial charge in [0.1, 0.15) is 5.75 Å². The number of aromatic amines is 1. The molecule has 3 aromatic rings. The van der Waals surface area contributed by atoms with Crippen LogP contribution in [-0.4, -0.2) is 15.3 Å². The maximum atomic E-state index is 9.54. The van der Waals surface area contributed by atoms with Crippen LogP contribution in [0.5, 0.6) is 5.75 Å². The molecule has 21 heavy (non-hydrogen) atoms. The molecule has 1 aromatic carbocycles. The lowest BCUT2D eigenvalue weighted by Gasteiger charge is -2.14. The number of H-pyrrole nitrogens is 1. The lowest BCUT2D eigenvalue weighted by atomic mass is 10.1. The second kappa shape index (κ2) is 6.11. The minimum atomic E-state index is 0.156. The van der Waals surface area contributed by atoms with Gasteiger partial charge in [-0.3, -0.25) is 5.10 Å². The highest BCUT2D eigenvalue weighted by Crippen LogP contribution is 2.26. The van der Waals surface area contributed by atoms with Gasteiger partial charge in [-0.15, -0.1) is 11.3 Å². The Morgan fingerprint density at radius 1 is 1.33 bits per heavy atom. The minimum absolute atomic E-state index is 0.156. The molecule has 0 fully saturated rings. The predicted molar refractivity (Wildman–Crippen MR) is 85.3 cm³/mol. The van der Waals surface area contributed by atoms with E-state index in [0.29, 0.717) is 5.75 Å². The Kier molecular flexibility index (Phi) is 4.03. The van der Waals surface area contributed by atoms with Gasteiger partial charge in [-0.25, -0.2) is 0 Å². The second-order valence-corrected chi connectivity index (χ2v) is 5.89. The van der Waals surface area contributed by atoms with Crippen molar-refractivity contribution in [3.63, 3.8) is 0 Å². The Bertz CT molecular complexity index is 706. The van der Waals surface area contributed by atoms with Gasteiger partial charge in [-0.1, -0.05) is 18.2 Å². The van der Waals surface area contributed by atoms with Crippen molar-refractivity contribution in [1.82, 2.24) is 15.5 Å². The largest absolute Gasteiger partial charge is 0.508 e. The first-order valence-corrected chi connectivity index (χ1v) is 7.70. The number of aromatic hydroxyl groups is 1. The zero-order valence-corrected chi connectivity index (χ0v) is 12.5. The van der Waals surface area contributed by atoms with Crippen molar-refractivity contribution in [3.8, 4) is 16.3 Å². The first kappa shape index (κ1) is 13.9. The highest BCUT2D eigenvalue weighted by molar-refractivity contribution is 7.13. The summed E-state index contributed by atoms with van der Waals surface area (Å²) in [6.45, 7) is 2.81. The molecule has 0 spiro atoms. The molecule has 0 saturated carbocycles. The first-order valence-electron chi connectivity index (χ1n) is 6.82. The van der Waals surface area contributed by atoms with Gasteiger partial charge in [0.15, 0.2) is 0 Å². The maximum absolute atomic E-state index is 9.54. The van der Waals surface area contributed by atoms with Gasteiger partial charge in [0.2, 0.25) is 0 Å². The van der Waals surface area contributed by atoms with Gasteiger partial charge in [0, 0.05) is 18.2 Å². The SMILES string of the molecule is CC(NCc1cn[nH]c1-c1cccs1)c1cccc(O)c1. The van der Waals surface area contributed by atoms with Crippen molar-refractivity contribution >= 4 is 11.3 Å². The maximum Gasteiger partial charge on any atom is 0.115 e. The highest BCUT2D eigenvalue weighted by atomic mass is 32.1. The van der Waals surface area contributed by atoms with Crippen LogP contribution in [0, 0.1) is 0 Å². The van der Waals surface area contributed by atoms with Gasteiger partial charge in [-0.2, -0.15) is 5.10 Å². The fraction of sp³-hybridized carbons (Fsp3) is 0.188. The predicted octanol–water partition coefficient (Wildman–Crippen LogP) is 3.69. The van der Waals surface area contributed by atoms with Crippen molar-refractivity contribution < 1.29 is 5.11 Å². The van der Waals surface area contributed by atoms with E-state index in [0.717, 1.165) is 23.4 Å². The van der Waals surface area contributed by atoms with E-state index in [2.05, 4.69) is 33.9 Å². The smallest absolute Gasteiger partial charge is 0.115 e. The lowest BCUT2D eigenvalue weighted by molar-refractivity contribution is 0.472. The fourth-order valence-electron chi connectivity index (χ4n) is 2.25. The van der Waals surface area contributed by atoms with E-state index >= 15 is 0 Å². The molecule has 2 aromatic heterocycles. The number of nitrogens with one attached hydrogen (secondary N) is 2. The average molecular weight is 299 g/mol. The number of thiophene rings is 1. The van der Waals surface area contributed by atoms with Crippen LogP contribution < -0.4 is 5.32 Å². The Hall–Kier alpha value is -2.11. The number of phenolic OH excluding ortho intramolecular Hbond substituents is 1. The van der Waals surface area contributed by atoms with Crippen LogP contribution >= 0.6 is 11.3 Å². The number of hydrogen-bond acceptors (Lipinski definition) is 4. The summed E-state index contributed by atoms with van der Waals surface area (Å²) in [5.74, 6) is 0.295. The molecule has 0 bridgehead atoms. The van der Waals surface area contributed by atoms with Crippen LogP contribution in [-0.2, 0) is 6.54 Å². The van der Waals surface area contributed by atoms with E-state index in [-0.39, 0.29) is 6.04 Å². The van der Waals surface area contributed by atoms with Crippen LogP contribution in [0.25, 0.3) is 10.6 Å². The summed E-state index contributed by atoms with van der Waals surface area (Å²) in [4.78, 5) is 1.19. The fourth-order valence-corrected chi connectivity index (χ4v) is 3.01. The molecule has 4 nitrogen and oxygen atoms in total. The van der Waals surface area contributed by atoms with Crippen LogP contribution in [0.1, 0.15) is 24.1 Å². The zero-order chi connectivity index (χ0) is 14.7. The first-order chi connectivity index (χ1) is 10.2. The van der Waals surface area contributed by atoms with E-state index in [1.54, 1.807) is 23.5 Å². The van der Waals surface area contributed by atoms with Crippen molar-refractivity contribution in [2.24, 2.45) is 0 Å². The van der Waals surface area contributed by atoms with Crippen LogP contribution in [0.15, 0.2) is 48.0 Å². The number of aromatic nitrogens is 2. The van der Waals surface area contributed by atoms with Crippen molar-refractivity contribution in [3.05, 3.63) is 59.1 Å². The molecule has 3 rings (SSSR count). The van der Waals surface area contributed by atoms with Crippen molar-refractivity contribution in [1.29, 1.82) is 0 Å². The quantitative estimate of drug-likeness (QED) is 0.673. The third-order valence-corrected chi connectivity index (χ3v) is 4.34. The highest BCUT2D eigenvalue weighted by Gasteiger charge is 2.11. The number of phenols is 1. The molecule has 0 aliphatic rings. The Labute approximate surface area is 127 Å². The Balaban J connectivity index is 1.70. The second-order valence-electron chi connectivity index (χ2n) is 4.95. The molecule has 3 N–H and O–H groups in total. The molecule has 1 atom stereocenters. The van der Waals surface area contributed by atoms with E-state index in [4.69, 9.17) is 0 Å². The monoisotopic (exact) mass is 299 g/mol. The number of nitrogens with zero attached hydrogens (tertiary/aromatic N) is 1. The number of hydrogen-bond donors (Lipinski definition) is 3. The molecule has 0 radical (unpaired) electrons. The zero-order valence-electron chi connectivity index (χ0n) is 11.7. The molecule has 108 valence electrons. The summed E-state index contributed by atoms with van der Waals surface area (Å²) in [7, 11) is 0. The summed E-state index contributed by atoms with van der Waals surface area (Å²) >= 11 is 1.70. The summed E-state index contributed by atoms with van der Waals surface area (Å²) in [5, 5.41) is 22.3. The molecule has 1 unspecified atom stereocenters. The van der Waals surface area contributed by atoms with Gasteiger partial charge in [0.05, 0.1) is 16.8 Å². The van der Waals surface area contributed by atoms with Crippen molar-refractivity contribution in [2.45, 2.75) is 19.5 Å². The van der Waals surface area contributed by atoms with Crippen LogP contribution in [0.3, 0.4) is 0 Å². The van der Waals surface area contributed by atoms with Gasteiger partial charge in [-0.05, 0) is 36.1 Å². The van der Waals surface area contributed by atoms with Crippen molar-refractivity contribution in [2.75, 3.05) is 0 Å². The minimum Gasteiger partial charge on any atom is -0.508 e. The molecule has 0 amide bonds. The lowest BCUT2D eigenvalue weighted by Crippen LogP contribution is -2.18. The third kappa shape index (κ3) is 3.15. The van der Waals surface area contributed by atoms with E-state index in [9.17, 15) is 5.11 Å². The third-order valence-electron chi connectivity index (χ3n) is 3.45. The molecular formula is C16H17N3OS. The Morgan fingerprint density at radius 3 is 3.00 bits per heavy atom. The van der Waals surface area contributed by atoms with Crippen LogP contribution in [0.2, 0.25) is 0 Å². The summed E-state index contributed by atoms with van der Waals surface area (Å²) in [6.07, 6.45) is 1.86. The molecule has 2 heterocycles. The van der Waals surface area contributed by atoms with E-state index < -0.39 is 0 Å². The van der Waals surface area contributed by atoms with E-state index in [1.807, 2.05) is 24.4 Å². The molecule has 0 saturated heterocycles. The molecule has 0 aliphatic heterocycles. The standard InChI is InChI=1S/C16H17N3OS/c1-11(12-4-2-5-14(20)8-12)17-9-13-10-18-19-16(13)15-6-3-7-21-15/h2-8,10-11,17,20H,9H2,1H3,(H,18,19). The number of rotatable bonds is 5. The number of benzene rings is 1. The molecule has 5 heteroatoms. The summed E-state index contributed by atoms with van der Waals surface area (Å²) in [5.41, 5.74) is 3.28. The molecular weight excluding hydrogens is 282 g/mol. The summed E-state index contributed by atoms with van der Waals surface area (Å²) < 4.78 is 0. The average Bonchev–Trinajstić information content (AvgIpc) is 3.15. The Morgan fingerprint density at radius 2 is 2.24 bits per heavy atom.